The largest absolute Gasteiger partial charge is 0.367 e. The summed E-state index contributed by atoms with van der Waals surface area (Å²) in [5, 5.41) is 0. The van der Waals surface area contributed by atoms with E-state index >= 15 is 0 Å². The van der Waals surface area contributed by atoms with Crippen molar-refractivity contribution in [1.29, 1.82) is 0 Å². The van der Waals surface area contributed by atoms with E-state index in [-0.39, 0.29) is 11.0 Å². The number of hydrogen-bond donors (Lipinski definition) is 0. The van der Waals surface area contributed by atoms with Crippen molar-refractivity contribution in [3.8, 4) is 0 Å². The van der Waals surface area contributed by atoms with Crippen LogP contribution in [0.25, 0.3) is 0 Å². The topological polar surface area (TPSA) is 26.3 Å². The zero-order valence-corrected chi connectivity index (χ0v) is 19.4. The lowest BCUT2D eigenvalue weighted by atomic mass is 9.60. The lowest BCUT2D eigenvalue weighted by Gasteiger charge is -2.44. The number of fused-ring (bicyclic) bond motifs is 4. The zero-order chi connectivity index (χ0) is 20.3. The molecule has 0 aromatic rings. The number of ether oxygens (including phenoxy) is 1. The fourth-order valence-electron chi connectivity index (χ4n) is 9.91. The number of ketones is 1. The van der Waals surface area contributed by atoms with Crippen molar-refractivity contribution in [2.24, 2.45) is 46.8 Å². The van der Waals surface area contributed by atoms with Gasteiger partial charge in [0.05, 0.1) is 5.60 Å². The maximum absolute atomic E-state index is 13.6. The Hall–Kier alpha value is -0.370. The molecule has 0 heterocycles. The quantitative estimate of drug-likeness (QED) is 0.499. The Morgan fingerprint density at radius 1 is 0.733 bits per heavy atom. The maximum Gasteiger partial charge on any atom is 0.164 e. The van der Waals surface area contributed by atoms with Gasteiger partial charge in [0.25, 0.3) is 0 Å². The van der Waals surface area contributed by atoms with Crippen LogP contribution in [0.1, 0.15) is 110 Å². The highest BCUT2D eigenvalue weighted by Gasteiger charge is 2.51. The second-order valence-corrected chi connectivity index (χ2v) is 13.3. The van der Waals surface area contributed by atoms with E-state index in [1.54, 1.807) is 0 Å². The highest BCUT2D eigenvalue weighted by atomic mass is 16.5. The molecule has 2 nitrogen and oxygen atoms in total. The van der Waals surface area contributed by atoms with Crippen molar-refractivity contribution in [2.45, 2.75) is 115 Å². The van der Waals surface area contributed by atoms with Crippen LogP contribution in [-0.2, 0) is 9.53 Å². The van der Waals surface area contributed by atoms with Crippen LogP contribution in [0.4, 0.5) is 0 Å². The van der Waals surface area contributed by atoms with Gasteiger partial charge in [-0.1, -0.05) is 19.3 Å². The normalized spacial score (nSPS) is 52.4. The Morgan fingerprint density at radius 2 is 1.30 bits per heavy atom. The Bertz CT molecular complexity index is 656. The van der Waals surface area contributed by atoms with Crippen molar-refractivity contribution >= 4 is 5.78 Å². The molecule has 2 unspecified atom stereocenters. The predicted molar refractivity (Wildman–Crippen MR) is 120 cm³/mol. The van der Waals surface area contributed by atoms with Gasteiger partial charge in [0, 0.05) is 5.41 Å². The molecule has 168 valence electrons. The molecule has 6 bridgehead atoms. The van der Waals surface area contributed by atoms with Crippen LogP contribution >= 0.6 is 0 Å². The van der Waals surface area contributed by atoms with Crippen molar-refractivity contribution in [1.82, 2.24) is 0 Å². The van der Waals surface area contributed by atoms with Crippen LogP contribution in [0, 0.1) is 46.8 Å². The minimum atomic E-state index is -0.0575. The van der Waals surface area contributed by atoms with Gasteiger partial charge in [-0.25, -0.2) is 0 Å². The van der Waals surface area contributed by atoms with Crippen LogP contribution in [0.2, 0.25) is 0 Å². The Balaban J connectivity index is 1.12. The van der Waals surface area contributed by atoms with E-state index < -0.39 is 0 Å². The minimum absolute atomic E-state index is 0.00956. The van der Waals surface area contributed by atoms with Crippen LogP contribution in [0.3, 0.4) is 0 Å². The fourth-order valence-corrected chi connectivity index (χ4v) is 9.91. The van der Waals surface area contributed by atoms with Gasteiger partial charge in [-0.3, -0.25) is 4.79 Å². The molecular formula is C28H44O2. The van der Waals surface area contributed by atoms with Gasteiger partial charge in [-0.05, 0) is 132 Å². The van der Waals surface area contributed by atoms with Gasteiger partial charge >= 0.3 is 0 Å². The Morgan fingerprint density at radius 3 is 2.03 bits per heavy atom. The molecule has 30 heavy (non-hydrogen) atoms. The molecular weight excluding hydrogens is 368 g/mol. The smallest absolute Gasteiger partial charge is 0.164 e. The summed E-state index contributed by atoms with van der Waals surface area (Å²) < 4.78 is 6.65. The van der Waals surface area contributed by atoms with Crippen LogP contribution in [0.15, 0.2) is 0 Å². The molecule has 0 spiro atoms. The van der Waals surface area contributed by atoms with Crippen molar-refractivity contribution in [2.75, 3.05) is 6.61 Å². The summed E-state index contributed by atoms with van der Waals surface area (Å²) in [5.41, 5.74) is -0.0670. The van der Waals surface area contributed by atoms with E-state index in [1.807, 2.05) is 0 Å². The number of carbonyl (C=O) groups excluding carboxylic acids is 1. The van der Waals surface area contributed by atoms with Crippen molar-refractivity contribution in [3.63, 3.8) is 0 Å². The molecule has 0 amide bonds. The van der Waals surface area contributed by atoms with Crippen molar-refractivity contribution < 1.29 is 9.53 Å². The molecule has 7 aliphatic rings. The molecule has 0 radical (unpaired) electrons. The summed E-state index contributed by atoms with van der Waals surface area (Å²) >= 11 is 0. The molecule has 0 saturated heterocycles. The third-order valence-electron chi connectivity index (χ3n) is 11.1. The van der Waals surface area contributed by atoms with Gasteiger partial charge < -0.3 is 4.74 Å². The standard InChI is InChI=1S/C28H44O2/c1-27(7-5-20-11-23(15-27)14-25-4-2-3-24(25)13-20)30-18-26(29)28-8-6-19-9-21(16-28)12-22(10-19)17-28/h19-25H,2-18H2,1H3/t19?,20-,21?,22?,23+,24+,25-,27+,28?/m0/s1. The lowest BCUT2D eigenvalue weighted by Crippen LogP contribution is -2.43. The molecule has 7 saturated carbocycles. The van der Waals surface area contributed by atoms with Gasteiger partial charge in [0.2, 0.25) is 0 Å². The Kier molecular flexibility index (Phi) is 5.13. The highest BCUT2D eigenvalue weighted by Crippen LogP contribution is 2.57. The van der Waals surface area contributed by atoms with E-state index in [9.17, 15) is 4.79 Å². The number of carbonyl (C=O) groups is 1. The van der Waals surface area contributed by atoms with E-state index in [0.717, 1.165) is 47.8 Å². The second kappa shape index (κ2) is 7.60. The average Bonchev–Trinajstić information content (AvgIpc) is 2.83. The molecule has 7 fully saturated rings. The first-order valence-electron chi connectivity index (χ1n) is 13.7. The molecule has 0 N–H and O–H groups in total. The summed E-state index contributed by atoms with van der Waals surface area (Å²) in [6, 6.07) is 0. The van der Waals surface area contributed by atoms with Gasteiger partial charge in [0.15, 0.2) is 5.78 Å². The second-order valence-electron chi connectivity index (χ2n) is 13.3. The molecule has 0 aliphatic heterocycles. The first-order chi connectivity index (χ1) is 14.5. The maximum atomic E-state index is 13.6. The van der Waals surface area contributed by atoms with Gasteiger partial charge in [-0.15, -0.1) is 0 Å². The van der Waals surface area contributed by atoms with E-state index in [4.69, 9.17) is 4.74 Å². The third kappa shape index (κ3) is 3.71. The Labute approximate surface area is 184 Å². The summed E-state index contributed by atoms with van der Waals surface area (Å²) in [7, 11) is 0. The lowest BCUT2D eigenvalue weighted by molar-refractivity contribution is -0.146. The summed E-state index contributed by atoms with van der Waals surface area (Å²) in [6.45, 7) is 2.76. The average molecular weight is 413 g/mol. The number of Topliss-reactive ketones (excluding diaryl/α,β-unsaturated/α-hetero) is 1. The summed E-state index contributed by atoms with van der Waals surface area (Å²) in [5.74, 6) is 6.89. The fraction of sp³-hybridized carbons (Fsp3) is 0.964. The summed E-state index contributed by atoms with van der Waals surface area (Å²) in [4.78, 5) is 13.6. The number of rotatable bonds is 4. The molecule has 0 aromatic carbocycles. The highest BCUT2D eigenvalue weighted by molar-refractivity contribution is 5.86. The van der Waals surface area contributed by atoms with Gasteiger partial charge in [-0.2, -0.15) is 0 Å². The third-order valence-corrected chi connectivity index (χ3v) is 11.1. The predicted octanol–water partition coefficient (Wildman–Crippen LogP) is 6.95. The molecule has 2 heteroatoms. The van der Waals surface area contributed by atoms with E-state index in [0.29, 0.717) is 12.4 Å². The molecule has 0 aromatic heterocycles. The van der Waals surface area contributed by atoms with Crippen LogP contribution < -0.4 is 0 Å². The molecule has 7 aliphatic carbocycles. The van der Waals surface area contributed by atoms with E-state index in [2.05, 4.69) is 6.92 Å². The van der Waals surface area contributed by atoms with E-state index in [1.165, 1.54) is 96.3 Å². The molecule has 7 rings (SSSR count). The summed E-state index contributed by atoms with van der Waals surface area (Å²) in [6.07, 6.45) is 21.6. The number of hydrogen-bond acceptors (Lipinski definition) is 2. The molecule has 7 atom stereocenters. The first-order valence-corrected chi connectivity index (χ1v) is 13.7. The minimum Gasteiger partial charge on any atom is -0.367 e. The monoisotopic (exact) mass is 412 g/mol. The SMILES string of the molecule is C[C@@]1(OCC(=O)C23CCC4CC(CC(C4)C2)C3)CC[C@H]2C[C@H](C[C@@H]3CCC[C@@H]3C2)C1. The zero-order valence-electron chi connectivity index (χ0n) is 19.4. The van der Waals surface area contributed by atoms with Crippen molar-refractivity contribution in [3.05, 3.63) is 0 Å². The first kappa shape index (κ1) is 20.3. The van der Waals surface area contributed by atoms with Crippen LogP contribution in [-0.4, -0.2) is 18.0 Å². The van der Waals surface area contributed by atoms with Gasteiger partial charge in [0.1, 0.15) is 6.61 Å². The van der Waals surface area contributed by atoms with Crippen LogP contribution in [0.5, 0.6) is 0 Å².